The largest absolute Gasteiger partial charge is 0.497 e. The predicted molar refractivity (Wildman–Crippen MR) is 74.8 cm³/mol. The molecule has 4 heteroatoms. The number of anilines is 2. The van der Waals surface area contributed by atoms with Crippen molar-refractivity contribution < 1.29 is 9.53 Å². The van der Waals surface area contributed by atoms with Gasteiger partial charge in [0.2, 0.25) is 5.91 Å². The average molecular weight is 250 g/mol. The number of nitrogens with one attached hydrogen (secondary N) is 1. The van der Waals surface area contributed by atoms with E-state index < -0.39 is 0 Å². The lowest BCUT2D eigenvalue weighted by atomic mass is 10.1. The van der Waals surface area contributed by atoms with Crippen LogP contribution in [-0.4, -0.2) is 13.0 Å². The summed E-state index contributed by atoms with van der Waals surface area (Å²) in [6.45, 7) is 2.15. The Kier molecular flexibility index (Phi) is 6.05. The molecule has 0 radical (unpaired) electrons. The summed E-state index contributed by atoms with van der Waals surface area (Å²) in [6.07, 6.45) is 4.92. The Labute approximate surface area is 109 Å². The molecular formula is C14H22N2O2. The molecule has 100 valence electrons. The number of rotatable bonds is 7. The standard InChI is InChI=1S/C14H22N2O2/c1-3-4-5-6-7-14(17)16-13-9-8-11(18-2)10-12(13)15/h8-10H,3-7,15H2,1-2H3,(H,16,17). The molecule has 18 heavy (non-hydrogen) atoms. The summed E-state index contributed by atoms with van der Waals surface area (Å²) in [4.78, 5) is 11.7. The molecule has 0 spiro atoms. The molecule has 0 saturated carbocycles. The van der Waals surface area contributed by atoms with E-state index in [1.54, 1.807) is 25.3 Å². The fraction of sp³-hybridized carbons (Fsp3) is 0.500. The molecule has 0 aliphatic carbocycles. The molecule has 1 aromatic carbocycles. The fourth-order valence-electron chi connectivity index (χ4n) is 1.71. The van der Waals surface area contributed by atoms with Crippen molar-refractivity contribution in [3.8, 4) is 5.75 Å². The molecule has 0 aromatic heterocycles. The van der Waals surface area contributed by atoms with E-state index in [9.17, 15) is 4.79 Å². The zero-order valence-electron chi connectivity index (χ0n) is 11.2. The number of unbranched alkanes of at least 4 members (excludes halogenated alkanes) is 3. The zero-order valence-corrected chi connectivity index (χ0v) is 11.2. The van der Waals surface area contributed by atoms with Crippen molar-refractivity contribution in [2.75, 3.05) is 18.2 Å². The highest BCUT2D eigenvalue weighted by Crippen LogP contribution is 2.24. The van der Waals surface area contributed by atoms with Crippen molar-refractivity contribution in [3.05, 3.63) is 18.2 Å². The maximum absolute atomic E-state index is 11.7. The van der Waals surface area contributed by atoms with Crippen LogP contribution in [-0.2, 0) is 4.79 Å². The van der Waals surface area contributed by atoms with Crippen LogP contribution >= 0.6 is 0 Å². The first kappa shape index (κ1) is 14.4. The summed E-state index contributed by atoms with van der Waals surface area (Å²) in [5, 5.41) is 2.82. The quantitative estimate of drug-likeness (QED) is 0.577. The molecule has 0 saturated heterocycles. The Bertz CT molecular complexity index is 391. The van der Waals surface area contributed by atoms with E-state index in [0.29, 0.717) is 23.5 Å². The number of carbonyl (C=O) groups excluding carboxylic acids is 1. The molecule has 0 atom stereocenters. The average Bonchev–Trinajstić information content (AvgIpc) is 2.37. The smallest absolute Gasteiger partial charge is 0.224 e. The van der Waals surface area contributed by atoms with E-state index in [0.717, 1.165) is 12.8 Å². The number of benzene rings is 1. The van der Waals surface area contributed by atoms with Gasteiger partial charge in [-0.3, -0.25) is 4.79 Å². The van der Waals surface area contributed by atoms with Crippen LogP contribution in [0.15, 0.2) is 18.2 Å². The van der Waals surface area contributed by atoms with E-state index in [4.69, 9.17) is 10.5 Å². The molecule has 0 unspecified atom stereocenters. The molecule has 0 aliphatic heterocycles. The second-order valence-electron chi connectivity index (χ2n) is 4.31. The second-order valence-corrected chi connectivity index (χ2v) is 4.31. The summed E-state index contributed by atoms with van der Waals surface area (Å²) < 4.78 is 5.05. The monoisotopic (exact) mass is 250 g/mol. The number of carbonyl (C=O) groups is 1. The van der Waals surface area contributed by atoms with Crippen molar-refractivity contribution in [2.45, 2.75) is 39.0 Å². The van der Waals surface area contributed by atoms with Crippen molar-refractivity contribution in [3.63, 3.8) is 0 Å². The number of methoxy groups -OCH3 is 1. The van der Waals surface area contributed by atoms with E-state index in [2.05, 4.69) is 12.2 Å². The van der Waals surface area contributed by atoms with Crippen LogP contribution in [0.4, 0.5) is 11.4 Å². The van der Waals surface area contributed by atoms with Crippen LogP contribution in [0.25, 0.3) is 0 Å². The van der Waals surface area contributed by atoms with Gasteiger partial charge in [0, 0.05) is 12.5 Å². The highest BCUT2D eigenvalue weighted by atomic mass is 16.5. The number of nitrogen functional groups attached to an aromatic ring is 1. The first-order chi connectivity index (χ1) is 8.67. The number of hydrogen-bond acceptors (Lipinski definition) is 3. The number of nitrogens with two attached hydrogens (primary N) is 1. The molecule has 1 amide bonds. The summed E-state index contributed by atoms with van der Waals surface area (Å²) in [5.41, 5.74) is 7.00. The molecule has 3 N–H and O–H groups in total. The van der Waals surface area contributed by atoms with Crippen LogP contribution in [0, 0.1) is 0 Å². The summed E-state index contributed by atoms with van der Waals surface area (Å²) in [6, 6.07) is 5.24. The molecular weight excluding hydrogens is 228 g/mol. The van der Waals surface area contributed by atoms with Gasteiger partial charge in [0.05, 0.1) is 18.5 Å². The van der Waals surface area contributed by atoms with Crippen LogP contribution in [0.5, 0.6) is 5.75 Å². The molecule has 0 bridgehead atoms. The van der Waals surface area contributed by atoms with Crippen molar-refractivity contribution >= 4 is 17.3 Å². The molecule has 1 aromatic rings. The van der Waals surface area contributed by atoms with Crippen LogP contribution in [0.1, 0.15) is 39.0 Å². The summed E-state index contributed by atoms with van der Waals surface area (Å²) in [5.74, 6) is 0.705. The minimum atomic E-state index is 0.0166. The van der Waals surface area contributed by atoms with E-state index in [1.807, 2.05) is 0 Å². The van der Waals surface area contributed by atoms with Crippen molar-refractivity contribution in [1.82, 2.24) is 0 Å². The molecule has 0 aliphatic rings. The van der Waals surface area contributed by atoms with Gasteiger partial charge < -0.3 is 15.8 Å². The summed E-state index contributed by atoms with van der Waals surface area (Å²) >= 11 is 0. The van der Waals surface area contributed by atoms with Crippen molar-refractivity contribution in [1.29, 1.82) is 0 Å². The second kappa shape index (κ2) is 7.58. The Balaban J connectivity index is 2.44. The van der Waals surface area contributed by atoms with Gasteiger partial charge in [0.25, 0.3) is 0 Å². The lowest BCUT2D eigenvalue weighted by molar-refractivity contribution is -0.116. The van der Waals surface area contributed by atoms with Crippen LogP contribution < -0.4 is 15.8 Å². The van der Waals surface area contributed by atoms with Crippen LogP contribution in [0.3, 0.4) is 0 Å². The van der Waals surface area contributed by atoms with Gasteiger partial charge in [-0.25, -0.2) is 0 Å². The zero-order chi connectivity index (χ0) is 13.4. The highest BCUT2D eigenvalue weighted by Gasteiger charge is 2.05. The van der Waals surface area contributed by atoms with Gasteiger partial charge in [-0.15, -0.1) is 0 Å². The Morgan fingerprint density at radius 1 is 1.33 bits per heavy atom. The highest BCUT2D eigenvalue weighted by molar-refractivity contribution is 5.93. The normalized spacial score (nSPS) is 10.1. The number of hydrogen-bond donors (Lipinski definition) is 2. The maximum Gasteiger partial charge on any atom is 0.224 e. The fourth-order valence-corrected chi connectivity index (χ4v) is 1.71. The Hall–Kier alpha value is -1.71. The maximum atomic E-state index is 11.7. The Morgan fingerprint density at radius 3 is 2.72 bits per heavy atom. The Morgan fingerprint density at radius 2 is 2.11 bits per heavy atom. The molecule has 1 rings (SSSR count). The van der Waals surface area contributed by atoms with E-state index in [-0.39, 0.29) is 5.91 Å². The van der Waals surface area contributed by atoms with E-state index >= 15 is 0 Å². The first-order valence-corrected chi connectivity index (χ1v) is 6.40. The van der Waals surface area contributed by atoms with Gasteiger partial charge in [-0.2, -0.15) is 0 Å². The van der Waals surface area contributed by atoms with Crippen LogP contribution in [0.2, 0.25) is 0 Å². The number of ether oxygens (including phenoxy) is 1. The minimum Gasteiger partial charge on any atom is -0.497 e. The molecule has 4 nitrogen and oxygen atoms in total. The van der Waals surface area contributed by atoms with E-state index in [1.165, 1.54) is 12.8 Å². The summed E-state index contributed by atoms with van der Waals surface area (Å²) in [7, 11) is 1.58. The van der Waals surface area contributed by atoms with Gasteiger partial charge in [-0.05, 0) is 18.6 Å². The SMILES string of the molecule is CCCCCCC(=O)Nc1ccc(OC)cc1N. The third kappa shape index (κ3) is 4.65. The third-order valence-corrected chi connectivity index (χ3v) is 2.79. The minimum absolute atomic E-state index is 0.0166. The molecule has 0 fully saturated rings. The topological polar surface area (TPSA) is 64.3 Å². The van der Waals surface area contributed by atoms with Gasteiger partial charge in [0.1, 0.15) is 5.75 Å². The molecule has 0 heterocycles. The van der Waals surface area contributed by atoms with Gasteiger partial charge in [-0.1, -0.05) is 26.2 Å². The third-order valence-electron chi connectivity index (χ3n) is 2.79. The lowest BCUT2D eigenvalue weighted by Gasteiger charge is -2.09. The van der Waals surface area contributed by atoms with Crippen molar-refractivity contribution in [2.24, 2.45) is 0 Å². The lowest BCUT2D eigenvalue weighted by Crippen LogP contribution is -2.12. The van der Waals surface area contributed by atoms with Gasteiger partial charge >= 0.3 is 0 Å². The predicted octanol–water partition coefficient (Wildman–Crippen LogP) is 3.19. The first-order valence-electron chi connectivity index (χ1n) is 6.40. The van der Waals surface area contributed by atoms with Gasteiger partial charge in [0.15, 0.2) is 0 Å². The number of amides is 1.